The van der Waals surface area contributed by atoms with Gasteiger partial charge in [-0.15, -0.1) is 0 Å². The largest absolute Gasteiger partial charge is 0.423 e. The van der Waals surface area contributed by atoms with Gasteiger partial charge in [-0.3, -0.25) is 10.1 Å². The van der Waals surface area contributed by atoms with E-state index in [-0.39, 0.29) is 16.9 Å². The highest BCUT2D eigenvalue weighted by molar-refractivity contribution is 5.93. The molecule has 0 aliphatic heterocycles. The van der Waals surface area contributed by atoms with Gasteiger partial charge in [0.2, 0.25) is 0 Å². The van der Waals surface area contributed by atoms with Crippen molar-refractivity contribution in [2.75, 3.05) is 11.1 Å². The van der Waals surface area contributed by atoms with Crippen LogP contribution in [0.15, 0.2) is 72.8 Å². The third kappa shape index (κ3) is 3.96. The van der Waals surface area contributed by atoms with Crippen LogP contribution in [-0.2, 0) is 0 Å². The van der Waals surface area contributed by atoms with Gasteiger partial charge in [0.15, 0.2) is 0 Å². The van der Waals surface area contributed by atoms with Gasteiger partial charge in [-0.1, -0.05) is 24.3 Å². The molecule has 0 aliphatic carbocycles. The van der Waals surface area contributed by atoms with E-state index in [1.165, 1.54) is 18.2 Å². The van der Waals surface area contributed by atoms with E-state index in [9.17, 15) is 14.9 Å². The molecule has 26 heavy (non-hydrogen) atoms. The second kappa shape index (κ2) is 7.35. The molecule has 0 heterocycles. The van der Waals surface area contributed by atoms with Gasteiger partial charge in [0.25, 0.3) is 5.69 Å². The molecule has 0 radical (unpaired) electrons. The minimum atomic E-state index is -0.671. The molecular weight excluding hydrogens is 334 g/mol. The molecule has 7 heteroatoms. The maximum absolute atomic E-state index is 12.2. The van der Waals surface area contributed by atoms with Gasteiger partial charge in [-0.05, 0) is 42.5 Å². The van der Waals surface area contributed by atoms with Gasteiger partial charge in [-0.2, -0.15) is 0 Å². The number of para-hydroxylation sites is 1. The van der Waals surface area contributed by atoms with Crippen molar-refractivity contribution < 1.29 is 14.5 Å². The highest BCUT2D eigenvalue weighted by Gasteiger charge is 2.19. The summed E-state index contributed by atoms with van der Waals surface area (Å²) in [4.78, 5) is 23.1. The lowest BCUT2D eigenvalue weighted by Crippen LogP contribution is -2.09. The van der Waals surface area contributed by atoms with Crippen LogP contribution in [0.25, 0.3) is 0 Å². The molecule has 0 amide bonds. The van der Waals surface area contributed by atoms with E-state index in [0.717, 1.165) is 0 Å². The Bertz CT molecular complexity index is 958. The van der Waals surface area contributed by atoms with E-state index in [4.69, 9.17) is 10.5 Å². The summed E-state index contributed by atoms with van der Waals surface area (Å²) in [5, 5.41) is 14.3. The lowest BCUT2D eigenvalue weighted by Gasteiger charge is -2.09. The van der Waals surface area contributed by atoms with Crippen molar-refractivity contribution in [2.45, 2.75) is 0 Å². The number of rotatable bonds is 5. The van der Waals surface area contributed by atoms with Crippen LogP contribution in [0, 0.1) is 10.1 Å². The predicted octanol–water partition coefficient (Wildman–Crippen LogP) is 4.14. The lowest BCUT2D eigenvalue weighted by atomic mass is 10.1. The number of anilines is 3. The highest BCUT2D eigenvalue weighted by Crippen LogP contribution is 2.29. The third-order valence-corrected chi connectivity index (χ3v) is 3.55. The molecule has 0 fully saturated rings. The average molecular weight is 349 g/mol. The van der Waals surface area contributed by atoms with Gasteiger partial charge in [0, 0.05) is 17.4 Å². The van der Waals surface area contributed by atoms with E-state index in [2.05, 4.69) is 5.32 Å². The standard InChI is InChI=1S/C19H15N3O4/c20-14-5-4-6-15(12-14)21-17-10-9-13(11-18(17)22(24)25)19(23)26-16-7-2-1-3-8-16/h1-12,21H,20H2. The fourth-order valence-electron chi connectivity index (χ4n) is 2.34. The molecule has 0 atom stereocenters. The van der Waals surface area contributed by atoms with Crippen LogP contribution in [0.4, 0.5) is 22.7 Å². The second-order valence-corrected chi connectivity index (χ2v) is 5.44. The summed E-state index contributed by atoms with van der Waals surface area (Å²) < 4.78 is 5.21. The Labute approximate surface area is 149 Å². The van der Waals surface area contributed by atoms with Crippen molar-refractivity contribution in [3.05, 3.63) is 88.5 Å². The number of carbonyl (C=O) groups is 1. The average Bonchev–Trinajstić information content (AvgIpc) is 2.62. The number of nitro benzene ring substituents is 1. The van der Waals surface area contributed by atoms with Crippen molar-refractivity contribution in [2.24, 2.45) is 0 Å². The summed E-state index contributed by atoms with van der Waals surface area (Å²) in [5.41, 5.74) is 6.93. The zero-order valence-electron chi connectivity index (χ0n) is 13.6. The highest BCUT2D eigenvalue weighted by atomic mass is 16.6. The molecule has 130 valence electrons. The predicted molar refractivity (Wildman–Crippen MR) is 98.6 cm³/mol. The molecule has 3 N–H and O–H groups in total. The summed E-state index contributed by atoms with van der Waals surface area (Å²) in [6.07, 6.45) is 0. The molecule has 0 saturated heterocycles. The monoisotopic (exact) mass is 349 g/mol. The first-order chi connectivity index (χ1) is 12.5. The number of hydrogen-bond acceptors (Lipinski definition) is 6. The Morgan fingerprint density at radius 2 is 1.77 bits per heavy atom. The molecule has 0 aromatic heterocycles. The smallest absolute Gasteiger partial charge is 0.343 e. The summed E-state index contributed by atoms with van der Waals surface area (Å²) in [6.45, 7) is 0. The molecule has 0 saturated carbocycles. The minimum Gasteiger partial charge on any atom is -0.423 e. The number of nitrogens with zero attached hydrogens (tertiary/aromatic N) is 1. The van der Waals surface area contributed by atoms with Crippen LogP contribution in [0.3, 0.4) is 0 Å². The Morgan fingerprint density at radius 1 is 1.00 bits per heavy atom. The Balaban J connectivity index is 1.87. The molecule has 3 aromatic carbocycles. The number of ether oxygens (including phenoxy) is 1. The van der Waals surface area contributed by atoms with Crippen LogP contribution in [0.5, 0.6) is 5.75 Å². The molecule has 3 aromatic rings. The Morgan fingerprint density at radius 3 is 2.46 bits per heavy atom. The molecule has 0 unspecified atom stereocenters. The molecule has 0 spiro atoms. The number of esters is 1. The SMILES string of the molecule is Nc1cccc(Nc2ccc(C(=O)Oc3ccccc3)cc2[N+](=O)[O-])c1. The minimum absolute atomic E-state index is 0.0821. The van der Waals surface area contributed by atoms with Crippen molar-refractivity contribution >= 4 is 28.7 Å². The van der Waals surface area contributed by atoms with Crippen LogP contribution < -0.4 is 15.8 Å². The fourth-order valence-corrected chi connectivity index (χ4v) is 2.34. The van der Waals surface area contributed by atoms with Crippen molar-refractivity contribution in [3.63, 3.8) is 0 Å². The third-order valence-electron chi connectivity index (χ3n) is 3.55. The van der Waals surface area contributed by atoms with Crippen LogP contribution in [-0.4, -0.2) is 10.9 Å². The number of nitrogen functional groups attached to an aromatic ring is 1. The van der Waals surface area contributed by atoms with E-state index < -0.39 is 10.9 Å². The normalized spacial score (nSPS) is 10.2. The van der Waals surface area contributed by atoms with E-state index in [1.54, 1.807) is 54.6 Å². The molecule has 3 rings (SSSR count). The van der Waals surface area contributed by atoms with Crippen LogP contribution in [0.2, 0.25) is 0 Å². The van der Waals surface area contributed by atoms with E-state index >= 15 is 0 Å². The quantitative estimate of drug-likeness (QED) is 0.236. The first-order valence-corrected chi connectivity index (χ1v) is 7.71. The zero-order chi connectivity index (χ0) is 18.5. The molecule has 0 bridgehead atoms. The molecule has 7 nitrogen and oxygen atoms in total. The number of nitrogens with two attached hydrogens (primary N) is 1. The fraction of sp³-hybridized carbons (Fsp3) is 0. The number of benzene rings is 3. The second-order valence-electron chi connectivity index (χ2n) is 5.44. The van der Waals surface area contributed by atoms with Gasteiger partial charge < -0.3 is 15.8 Å². The maximum atomic E-state index is 12.2. The zero-order valence-corrected chi connectivity index (χ0v) is 13.6. The van der Waals surface area contributed by atoms with Crippen molar-refractivity contribution in [1.29, 1.82) is 0 Å². The summed E-state index contributed by atoms with van der Waals surface area (Å²) in [6, 6.07) is 19.4. The lowest BCUT2D eigenvalue weighted by molar-refractivity contribution is -0.383. The van der Waals surface area contributed by atoms with Crippen LogP contribution in [0.1, 0.15) is 10.4 Å². The first kappa shape index (κ1) is 17.0. The molecule has 0 aliphatic rings. The topological polar surface area (TPSA) is 107 Å². The van der Waals surface area contributed by atoms with Gasteiger partial charge in [0.1, 0.15) is 11.4 Å². The number of nitro groups is 1. The Hall–Kier alpha value is -3.87. The number of nitrogens with one attached hydrogen (secondary N) is 1. The van der Waals surface area contributed by atoms with Crippen molar-refractivity contribution in [1.82, 2.24) is 0 Å². The maximum Gasteiger partial charge on any atom is 0.343 e. The van der Waals surface area contributed by atoms with Gasteiger partial charge in [0.05, 0.1) is 10.5 Å². The van der Waals surface area contributed by atoms with E-state index in [0.29, 0.717) is 17.1 Å². The number of hydrogen-bond donors (Lipinski definition) is 2. The van der Waals surface area contributed by atoms with E-state index in [1.807, 2.05) is 0 Å². The van der Waals surface area contributed by atoms with Gasteiger partial charge >= 0.3 is 5.97 Å². The molecular formula is C19H15N3O4. The Kier molecular flexibility index (Phi) is 4.80. The van der Waals surface area contributed by atoms with Gasteiger partial charge in [-0.25, -0.2) is 4.79 Å². The first-order valence-electron chi connectivity index (χ1n) is 7.71. The summed E-state index contributed by atoms with van der Waals surface area (Å²) >= 11 is 0. The summed E-state index contributed by atoms with van der Waals surface area (Å²) in [5.74, 6) is -0.308. The van der Waals surface area contributed by atoms with Crippen molar-refractivity contribution in [3.8, 4) is 5.75 Å². The van der Waals surface area contributed by atoms with Crippen LogP contribution >= 0.6 is 0 Å². The number of carbonyl (C=O) groups excluding carboxylic acids is 1. The summed E-state index contributed by atoms with van der Waals surface area (Å²) in [7, 11) is 0.